The average molecular weight is 344 g/mol. The Morgan fingerprint density at radius 3 is 2.68 bits per heavy atom. The number of nitrogens with one attached hydrogen (secondary N) is 1. The quantitative estimate of drug-likeness (QED) is 0.916. The number of ether oxygens (including phenoxy) is 2. The van der Waals surface area contributed by atoms with E-state index in [1.165, 1.54) is 13.3 Å². The second-order valence-electron chi connectivity index (χ2n) is 5.92. The van der Waals surface area contributed by atoms with Crippen LogP contribution in [0.1, 0.15) is 40.4 Å². The number of hydrogen-bond donors (Lipinski definition) is 1. The molecule has 1 saturated heterocycles. The maximum absolute atomic E-state index is 12.4. The highest BCUT2D eigenvalue weighted by Gasteiger charge is 2.23. The zero-order valence-electron chi connectivity index (χ0n) is 14.2. The van der Waals surface area contributed by atoms with Crippen molar-refractivity contribution in [3.05, 3.63) is 51.7 Å². The summed E-state index contributed by atoms with van der Waals surface area (Å²) < 4.78 is 15.7. The van der Waals surface area contributed by atoms with E-state index in [1.54, 1.807) is 25.1 Å². The van der Waals surface area contributed by atoms with E-state index in [9.17, 15) is 9.59 Å². The number of carbonyl (C=O) groups is 1. The maximum atomic E-state index is 12.4. The van der Waals surface area contributed by atoms with Gasteiger partial charge in [-0.3, -0.25) is 4.79 Å². The van der Waals surface area contributed by atoms with E-state index in [2.05, 4.69) is 10.3 Å². The van der Waals surface area contributed by atoms with E-state index in [0.29, 0.717) is 36.1 Å². The number of methoxy groups -OCH3 is 1. The van der Waals surface area contributed by atoms with Gasteiger partial charge in [-0.05, 0) is 37.5 Å². The standard InChI is InChI=1S/C18H20N2O5/c1-11-9-14(12-5-7-24-8-6-12)25-18(22)16(11)17(21)20-13-3-4-15(23-2)19-10-13/h3-4,9-10,12H,5-8H2,1-2H3,(H,20,21). The first-order valence-electron chi connectivity index (χ1n) is 8.12. The first kappa shape index (κ1) is 17.2. The maximum Gasteiger partial charge on any atom is 0.349 e. The van der Waals surface area contributed by atoms with Crippen LogP contribution >= 0.6 is 0 Å². The molecule has 25 heavy (non-hydrogen) atoms. The minimum Gasteiger partial charge on any atom is -0.481 e. The van der Waals surface area contributed by atoms with Crippen molar-refractivity contribution < 1.29 is 18.7 Å². The molecule has 0 bridgehead atoms. The van der Waals surface area contributed by atoms with Gasteiger partial charge in [0.15, 0.2) is 0 Å². The van der Waals surface area contributed by atoms with Crippen LogP contribution in [0, 0.1) is 6.92 Å². The topological polar surface area (TPSA) is 90.7 Å². The Morgan fingerprint density at radius 1 is 1.32 bits per heavy atom. The van der Waals surface area contributed by atoms with Gasteiger partial charge in [0.1, 0.15) is 11.3 Å². The molecule has 7 heteroatoms. The van der Waals surface area contributed by atoms with E-state index in [4.69, 9.17) is 13.9 Å². The average Bonchev–Trinajstić information content (AvgIpc) is 2.62. The van der Waals surface area contributed by atoms with Gasteiger partial charge in [0.05, 0.1) is 19.0 Å². The smallest absolute Gasteiger partial charge is 0.349 e. The first-order chi connectivity index (χ1) is 12.1. The molecule has 0 unspecified atom stereocenters. The number of rotatable bonds is 4. The summed E-state index contributed by atoms with van der Waals surface area (Å²) in [5, 5.41) is 2.65. The molecule has 2 aromatic rings. The van der Waals surface area contributed by atoms with E-state index in [0.717, 1.165) is 12.8 Å². The number of anilines is 1. The highest BCUT2D eigenvalue weighted by atomic mass is 16.5. The summed E-state index contributed by atoms with van der Waals surface area (Å²) in [4.78, 5) is 28.8. The van der Waals surface area contributed by atoms with Crippen LogP contribution in [0.25, 0.3) is 0 Å². The lowest BCUT2D eigenvalue weighted by molar-refractivity contribution is 0.0796. The fraction of sp³-hybridized carbons (Fsp3) is 0.389. The monoisotopic (exact) mass is 344 g/mol. The molecule has 132 valence electrons. The second-order valence-corrected chi connectivity index (χ2v) is 5.92. The Labute approximate surface area is 145 Å². The summed E-state index contributed by atoms with van der Waals surface area (Å²) in [6.45, 7) is 3.04. The third-order valence-corrected chi connectivity index (χ3v) is 4.22. The fourth-order valence-corrected chi connectivity index (χ4v) is 2.86. The van der Waals surface area contributed by atoms with Crippen molar-refractivity contribution in [3.63, 3.8) is 0 Å². The van der Waals surface area contributed by atoms with Gasteiger partial charge in [-0.2, -0.15) is 0 Å². The van der Waals surface area contributed by atoms with Gasteiger partial charge in [-0.1, -0.05) is 0 Å². The van der Waals surface area contributed by atoms with Crippen molar-refractivity contribution in [3.8, 4) is 5.88 Å². The van der Waals surface area contributed by atoms with Gasteiger partial charge in [-0.25, -0.2) is 9.78 Å². The Balaban J connectivity index is 1.81. The molecule has 1 aliphatic heterocycles. The van der Waals surface area contributed by atoms with Crippen molar-refractivity contribution in [2.24, 2.45) is 0 Å². The van der Waals surface area contributed by atoms with E-state index < -0.39 is 11.5 Å². The van der Waals surface area contributed by atoms with Crippen LogP contribution in [-0.2, 0) is 4.74 Å². The highest BCUT2D eigenvalue weighted by Crippen LogP contribution is 2.27. The molecule has 7 nitrogen and oxygen atoms in total. The Kier molecular flexibility index (Phi) is 5.14. The summed E-state index contributed by atoms with van der Waals surface area (Å²) in [5.41, 5.74) is 0.446. The van der Waals surface area contributed by atoms with Crippen LogP contribution in [0.3, 0.4) is 0 Å². The summed E-state index contributed by atoms with van der Waals surface area (Å²) in [6, 6.07) is 5.05. The fourth-order valence-electron chi connectivity index (χ4n) is 2.86. The lowest BCUT2D eigenvalue weighted by Crippen LogP contribution is -2.24. The number of hydrogen-bond acceptors (Lipinski definition) is 6. The molecule has 0 radical (unpaired) electrons. The molecule has 0 spiro atoms. The first-order valence-corrected chi connectivity index (χ1v) is 8.12. The van der Waals surface area contributed by atoms with Crippen molar-refractivity contribution in [1.29, 1.82) is 0 Å². The molecule has 2 aromatic heterocycles. The summed E-state index contributed by atoms with van der Waals surface area (Å²) in [7, 11) is 1.51. The van der Waals surface area contributed by atoms with Crippen LogP contribution in [0.15, 0.2) is 33.6 Å². The molecular formula is C18H20N2O5. The molecule has 1 amide bonds. The summed E-state index contributed by atoms with van der Waals surface area (Å²) in [6.07, 6.45) is 3.08. The van der Waals surface area contributed by atoms with Gasteiger partial charge < -0.3 is 19.2 Å². The molecule has 3 rings (SSSR count). The second kappa shape index (κ2) is 7.48. The molecule has 1 aliphatic rings. The molecular weight excluding hydrogens is 324 g/mol. The third-order valence-electron chi connectivity index (χ3n) is 4.22. The lowest BCUT2D eigenvalue weighted by Gasteiger charge is -2.21. The van der Waals surface area contributed by atoms with Crippen LogP contribution in [0.4, 0.5) is 5.69 Å². The van der Waals surface area contributed by atoms with Gasteiger partial charge >= 0.3 is 5.63 Å². The van der Waals surface area contributed by atoms with Crippen LogP contribution in [0.5, 0.6) is 5.88 Å². The number of nitrogens with zero attached hydrogens (tertiary/aromatic N) is 1. The van der Waals surface area contributed by atoms with Crippen molar-refractivity contribution in [1.82, 2.24) is 4.98 Å². The molecule has 0 atom stereocenters. The van der Waals surface area contributed by atoms with Crippen molar-refractivity contribution in [2.75, 3.05) is 25.6 Å². The largest absolute Gasteiger partial charge is 0.481 e. The molecule has 3 heterocycles. The van der Waals surface area contributed by atoms with Crippen LogP contribution in [-0.4, -0.2) is 31.2 Å². The minimum absolute atomic E-state index is 0.00614. The number of aryl methyl sites for hydroxylation is 1. The summed E-state index contributed by atoms with van der Waals surface area (Å²) >= 11 is 0. The Morgan fingerprint density at radius 2 is 2.08 bits per heavy atom. The summed E-state index contributed by atoms with van der Waals surface area (Å²) in [5.74, 6) is 0.697. The molecule has 1 N–H and O–H groups in total. The highest BCUT2D eigenvalue weighted by molar-refractivity contribution is 6.04. The number of amides is 1. The zero-order chi connectivity index (χ0) is 17.8. The number of pyridine rings is 1. The van der Waals surface area contributed by atoms with Gasteiger partial charge in [0.2, 0.25) is 5.88 Å². The van der Waals surface area contributed by atoms with E-state index in [1.807, 2.05) is 0 Å². The molecule has 0 aromatic carbocycles. The SMILES string of the molecule is COc1ccc(NC(=O)c2c(C)cc(C3CCOCC3)oc2=O)cn1. The predicted molar refractivity (Wildman–Crippen MR) is 91.3 cm³/mol. The lowest BCUT2D eigenvalue weighted by atomic mass is 9.95. The van der Waals surface area contributed by atoms with Crippen molar-refractivity contribution in [2.45, 2.75) is 25.7 Å². The number of carbonyl (C=O) groups excluding carboxylic acids is 1. The van der Waals surface area contributed by atoms with Crippen molar-refractivity contribution >= 4 is 11.6 Å². The predicted octanol–water partition coefficient (Wildman–Crippen LogP) is 2.50. The molecule has 0 aliphatic carbocycles. The van der Waals surface area contributed by atoms with Gasteiger partial charge in [0, 0.05) is 25.2 Å². The van der Waals surface area contributed by atoms with Crippen LogP contribution in [0.2, 0.25) is 0 Å². The normalized spacial score (nSPS) is 15.0. The van der Waals surface area contributed by atoms with Gasteiger partial charge in [-0.15, -0.1) is 0 Å². The van der Waals surface area contributed by atoms with E-state index in [-0.39, 0.29) is 11.5 Å². The Bertz CT molecular complexity index is 807. The van der Waals surface area contributed by atoms with E-state index >= 15 is 0 Å². The third kappa shape index (κ3) is 3.88. The Hall–Kier alpha value is -2.67. The number of aromatic nitrogens is 1. The van der Waals surface area contributed by atoms with Gasteiger partial charge in [0.25, 0.3) is 5.91 Å². The molecule has 1 fully saturated rings. The minimum atomic E-state index is -0.625. The molecule has 0 saturated carbocycles. The van der Waals surface area contributed by atoms with Crippen LogP contribution < -0.4 is 15.7 Å². The zero-order valence-corrected chi connectivity index (χ0v) is 14.2.